The number of anilines is 2. The molecule has 180 valence electrons. The van der Waals surface area contributed by atoms with Gasteiger partial charge in [-0.05, 0) is 42.5 Å². The first kappa shape index (κ1) is 25.3. The minimum Gasteiger partial charge on any atom is -0.493 e. The molecule has 3 aromatic carbocycles. The Morgan fingerprint density at radius 2 is 1.79 bits per heavy atom. The van der Waals surface area contributed by atoms with E-state index in [-0.39, 0.29) is 6.61 Å². The fourth-order valence-corrected chi connectivity index (χ4v) is 4.94. The molecule has 0 aliphatic carbocycles. The highest BCUT2D eigenvalue weighted by Crippen LogP contribution is 2.38. The molecule has 0 bridgehead atoms. The van der Waals surface area contributed by atoms with E-state index < -0.39 is 0 Å². The van der Waals surface area contributed by atoms with Gasteiger partial charge in [0.1, 0.15) is 6.61 Å². The molecule has 0 spiro atoms. The van der Waals surface area contributed by atoms with Crippen LogP contribution in [0.25, 0.3) is 0 Å². The van der Waals surface area contributed by atoms with Gasteiger partial charge in [-0.25, -0.2) is 0 Å². The summed E-state index contributed by atoms with van der Waals surface area (Å²) < 4.78 is 18.1. The van der Waals surface area contributed by atoms with Crippen LogP contribution >= 0.6 is 50.7 Å². The van der Waals surface area contributed by atoms with Crippen molar-refractivity contribution in [1.29, 1.82) is 0 Å². The Morgan fingerprint density at radius 1 is 1.00 bits per heavy atom. The van der Waals surface area contributed by atoms with E-state index in [0.717, 1.165) is 40.1 Å². The number of halogens is 4. The first-order valence-corrected chi connectivity index (χ1v) is 12.7. The third-order valence-electron chi connectivity index (χ3n) is 5.54. The number of nitrogens with zero attached hydrogens (tertiary/aromatic N) is 1. The number of morpholine rings is 1. The summed E-state index contributed by atoms with van der Waals surface area (Å²) in [6, 6.07) is 15.1. The van der Waals surface area contributed by atoms with Crippen LogP contribution in [-0.2, 0) is 17.9 Å². The van der Waals surface area contributed by atoms with Gasteiger partial charge in [0.2, 0.25) is 0 Å². The van der Waals surface area contributed by atoms with Gasteiger partial charge in [0.15, 0.2) is 11.5 Å². The first-order valence-electron chi connectivity index (χ1n) is 10.7. The van der Waals surface area contributed by atoms with E-state index in [2.05, 4.69) is 26.1 Å². The second-order valence-corrected chi connectivity index (χ2v) is 9.81. The zero-order valence-corrected chi connectivity index (χ0v) is 22.4. The molecule has 0 amide bonds. The van der Waals surface area contributed by atoms with E-state index in [1.807, 2.05) is 36.4 Å². The lowest BCUT2D eigenvalue weighted by atomic mass is 10.1. The number of methoxy groups -OCH3 is 1. The third-order valence-corrected chi connectivity index (χ3v) is 7.18. The molecular weight excluding hydrogens is 563 g/mol. The number of benzene rings is 3. The average Bonchev–Trinajstić information content (AvgIpc) is 2.83. The van der Waals surface area contributed by atoms with Gasteiger partial charge in [-0.2, -0.15) is 0 Å². The number of ether oxygens (including phenoxy) is 3. The molecule has 3 aromatic rings. The van der Waals surface area contributed by atoms with Crippen molar-refractivity contribution in [1.82, 2.24) is 0 Å². The number of hydrogen-bond donors (Lipinski definition) is 1. The second kappa shape index (κ2) is 11.7. The van der Waals surface area contributed by atoms with Crippen LogP contribution in [0, 0.1) is 0 Å². The predicted octanol–water partition coefficient (Wildman–Crippen LogP) is 7.45. The predicted molar refractivity (Wildman–Crippen MR) is 143 cm³/mol. The molecule has 1 N–H and O–H groups in total. The molecule has 34 heavy (non-hydrogen) atoms. The van der Waals surface area contributed by atoms with Crippen molar-refractivity contribution < 1.29 is 14.2 Å². The molecule has 1 aliphatic heterocycles. The van der Waals surface area contributed by atoms with Gasteiger partial charge in [0.25, 0.3) is 0 Å². The summed E-state index contributed by atoms with van der Waals surface area (Å²) in [6.07, 6.45) is 0. The highest BCUT2D eigenvalue weighted by molar-refractivity contribution is 9.10. The van der Waals surface area contributed by atoms with E-state index >= 15 is 0 Å². The Balaban J connectivity index is 1.51. The van der Waals surface area contributed by atoms with Crippen LogP contribution in [0.4, 0.5) is 11.4 Å². The van der Waals surface area contributed by atoms with Gasteiger partial charge in [-0.3, -0.25) is 0 Å². The average molecular weight is 587 g/mol. The monoisotopic (exact) mass is 584 g/mol. The van der Waals surface area contributed by atoms with Crippen molar-refractivity contribution in [2.45, 2.75) is 13.2 Å². The van der Waals surface area contributed by atoms with Crippen LogP contribution in [0.2, 0.25) is 15.1 Å². The van der Waals surface area contributed by atoms with Crippen LogP contribution in [0.3, 0.4) is 0 Å². The fourth-order valence-electron chi connectivity index (χ4n) is 3.72. The normalized spacial score (nSPS) is 13.6. The van der Waals surface area contributed by atoms with Crippen molar-refractivity contribution in [3.63, 3.8) is 0 Å². The SMILES string of the molecule is COc1ccc(Br)c(CNc2ccc(N3CCOCC3)c(Cl)c2)c1OCc1ccc(Cl)cc1Cl. The smallest absolute Gasteiger partial charge is 0.167 e. The summed E-state index contributed by atoms with van der Waals surface area (Å²) in [5.74, 6) is 1.26. The van der Waals surface area contributed by atoms with Crippen LogP contribution in [0.15, 0.2) is 53.0 Å². The van der Waals surface area contributed by atoms with Gasteiger partial charge in [0.05, 0.1) is 31.0 Å². The Hall–Kier alpha value is -1.83. The quantitative estimate of drug-likeness (QED) is 0.297. The van der Waals surface area contributed by atoms with Crippen LogP contribution in [-0.4, -0.2) is 33.4 Å². The Morgan fingerprint density at radius 3 is 2.50 bits per heavy atom. The van der Waals surface area contributed by atoms with Crippen molar-refractivity contribution in [3.8, 4) is 11.5 Å². The molecule has 0 aromatic heterocycles. The highest BCUT2D eigenvalue weighted by Gasteiger charge is 2.17. The number of nitrogens with one attached hydrogen (secondary N) is 1. The Kier molecular flexibility index (Phi) is 8.72. The number of rotatable bonds is 8. The molecule has 1 heterocycles. The van der Waals surface area contributed by atoms with Crippen molar-refractivity contribution in [3.05, 3.63) is 79.2 Å². The molecule has 0 atom stereocenters. The maximum absolute atomic E-state index is 6.60. The molecule has 0 unspecified atom stereocenters. The highest BCUT2D eigenvalue weighted by atomic mass is 79.9. The zero-order chi connectivity index (χ0) is 24.1. The van der Waals surface area contributed by atoms with Crippen LogP contribution < -0.4 is 19.7 Å². The van der Waals surface area contributed by atoms with Gasteiger partial charge >= 0.3 is 0 Å². The maximum atomic E-state index is 6.60. The summed E-state index contributed by atoms with van der Waals surface area (Å²) in [5.41, 5.74) is 3.67. The summed E-state index contributed by atoms with van der Waals surface area (Å²) in [7, 11) is 1.62. The maximum Gasteiger partial charge on any atom is 0.167 e. The lowest BCUT2D eigenvalue weighted by Crippen LogP contribution is -2.36. The fraction of sp³-hybridized carbons (Fsp3) is 0.280. The lowest BCUT2D eigenvalue weighted by Gasteiger charge is -2.29. The number of hydrogen-bond acceptors (Lipinski definition) is 5. The summed E-state index contributed by atoms with van der Waals surface area (Å²) >= 11 is 22.6. The molecule has 5 nitrogen and oxygen atoms in total. The minimum absolute atomic E-state index is 0.274. The molecule has 0 saturated carbocycles. The van der Waals surface area contributed by atoms with Gasteiger partial charge in [-0.1, -0.05) is 56.8 Å². The van der Waals surface area contributed by atoms with Gasteiger partial charge in [-0.15, -0.1) is 0 Å². The zero-order valence-electron chi connectivity index (χ0n) is 18.5. The molecule has 9 heteroatoms. The molecule has 1 fully saturated rings. The van der Waals surface area contributed by atoms with E-state index in [9.17, 15) is 0 Å². The van der Waals surface area contributed by atoms with Gasteiger partial charge < -0.3 is 24.4 Å². The molecule has 0 radical (unpaired) electrons. The second-order valence-electron chi connectivity index (χ2n) is 7.70. The third kappa shape index (κ3) is 6.04. The Bertz CT molecular complexity index is 1160. The standard InChI is InChI=1S/C25H24BrCl3N2O3/c1-32-24-7-5-20(26)19(25(24)34-15-16-2-3-17(27)12-21(16)28)14-30-18-4-6-23(22(29)13-18)31-8-10-33-11-9-31/h2-7,12-13,30H,8-11,14-15H2,1H3. The van der Waals surface area contributed by atoms with E-state index in [0.29, 0.717) is 46.3 Å². The van der Waals surface area contributed by atoms with E-state index in [4.69, 9.17) is 49.0 Å². The van der Waals surface area contributed by atoms with Gasteiger partial charge in [0, 0.05) is 51.0 Å². The lowest BCUT2D eigenvalue weighted by molar-refractivity contribution is 0.122. The topological polar surface area (TPSA) is 43.0 Å². The molecule has 4 rings (SSSR count). The van der Waals surface area contributed by atoms with E-state index in [1.54, 1.807) is 19.2 Å². The Labute approximate surface area is 223 Å². The molecule has 1 aliphatic rings. The summed E-state index contributed by atoms with van der Waals surface area (Å²) in [6.45, 7) is 3.86. The van der Waals surface area contributed by atoms with E-state index in [1.165, 1.54) is 0 Å². The van der Waals surface area contributed by atoms with Crippen molar-refractivity contribution in [2.75, 3.05) is 43.6 Å². The molecule has 1 saturated heterocycles. The minimum atomic E-state index is 0.274. The summed E-state index contributed by atoms with van der Waals surface area (Å²) in [5, 5.41) is 5.28. The van der Waals surface area contributed by atoms with Crippen LogP contribution in [0.1, 0.15) is 11.1 Å². The van der Waals surface area contributed by atoms with Crippen LogP contribution in [0.5, 0.6) is 11.5 Å². The van der Waals surface area contributed by atoms with Crippen molar-refractivity contribution >= 4 is 62.1 Å². The largest absolute Gasteiger partial charge is 0.493 e. The summed E-state index contributed by atoms with van der Waals surface area (Å²) in [4.78, 5) is 2.24. The van der Waals surface area contributed by atoms with Crippen molar-refractivity contribution in [2.24, 2.45) is 0 Å². The molecular formula is C25H24BrCl3N2O3. The first-order chi connectivity index (χ1) is 16.5.